The largest absolute Gasteiger partial charge is 0.494 e. The quantitative estimate of drug-likeness (QED) is 0.508. The Labute approximate surface area is 156 Å². The van der Waals surface area contributed by atoms with Crippen LogP contribution in [0.5, 0.6) is 5.75 Å². The van der Waals surface area contributed by atoms with Crippen molar-refractivity contribution >= 4 is 15.8 Å². The van der Waals surface area contributed by atoms with Crippen molar-refractivity contribution in [3.8, 4) is 5.75 Å². The van der Waals surface area contributed by atoms with Crippen LogP contribution in [0.3, 0.4) is 0 Å². The molecule has 1 aromatic rings. The van der Waals surface area contributed by atoms with Crippen molar-refractivity contribution in [1.82, 2.24) is 4.90 Å². The molecule has 1 aromatic carbocycles. The summed E-state index contributed by atoms with van der Waals surface area (Å²) in [5.41, 5.74) is 0. The van der Waals surface area contributed by atoms with Gasteiger partial charge in [-0.2, -0.15) is 0 Å². The number of nitrogens with zero attached hydrogens (tertiary/aromatic N) is 1. The van der Waals surface area contributed by atoms with Gasteiger partial charge in [-0.05, 0) is 70.6 Å². The first-order chi connectivity index (χ1) is 12.4. The summed E-state index contributed by atoms with van der Waals surface area (Å²) in [5.74, 6) is -0.0117. The molecule has 0 bridgehead atoms. The first-order valence-electron chi connectivity index (χ1n) is 9.20. The number of benzene rings is 1. The van der Waals surface area contributed by atoms with Gasteiger partial charge in [-0.15, -0.1) is 0 Å². The van der Waals surface area contributed by atoms with E-state index in [-0.39, 0.29) is 24.3 Å². The normalized spacial score (nSPS) is 17.7. The van der Waals surface area contributed by atoms with E-state index in [0.29, 0.717) is 25.4 Å². The Hall–Kier alpha value is -1.60. The topological polar surface area (TPSA) is 72.9 Å². The molecule has 2 rings (SSSR count). The molecule has 0 amide bonds. The lowest BCUT2D eigenvalue weighted by Gasteiger charge is -2.37. The van der Waals surface area contributed by atoms with Crippen LogP contribution in [0.1, 0.15) is 39.5 Å². The number of hydrogen-bond donors (Lipinski definition) is 0. The highest BCUT2D eigenvalue weighted by molar-refractivity contribution is 7.93. The zero-order valence-corrected chi connectivity index (χ0v) is 16.7. The molecule has 0 unspecified atom stereocenters. The molecule has 0 aliphatic carbocycles. The van der Waals surface area contributed by atoms with Crippen LogP contribution in [0.25, 0.3) is 0 Å². The van der Waals surface area contributed by atoms with E-state index >= 15 is 0 Å². The van der Waals surface area contributed by atoms with Crippen LogP contribution in [0.4, 0.5) is 0 Å². The average molecular weight is 384 g/mol. The number of likely N-dealkylation sites (tertiary alicyclic amines) is 1. The first kappa shape index (κ1) is 20.7. The summed E-state index contributed by atoms with van der Waals surface area (Å²) in [5, 5.41) is 0. The summed E-state index contributed by atoms with van der Waals surface area (Å²) in [6.07, 6.45) is 2.45. The average Bonchev–Trinajstić information content (AvgIpc) is 2.63. The van der Waals surface area contributed by atoms with Crippen LogP contribution >= 0.6 is 0 Å². The maximum atomic E-state index is 13.3. The highest BCUT2D eigenvalue weighted by Crippen LogP contribution is 2.37. The van der Waals surface area contributed by atoms with Crippen molar-refractivity contribution in [2.24, 2.45) is 0 Å². The van der Waals surface area contributed by atoms with Gasteiger partial charge >= 0.3 is 5.97 Å². The third-order valence-corrected chi connectivity index (χ3v) is 7.35. The van der Waals surface area contributed by atoms with Crippen molar-refractivity contribution in [3.63, 3.8) is 0 Å². The number of carbonyl (C=O) groups excluding carboxylic acids is 1. The lowest BCUT2D eigenvalue weighted by Crippen LogP contribution is -2.54. The Morgan fingerprint density at radius 3 is 2.31 bits per heavy atom. The van der Waals surface area contributed by atoms with Crippen LogP contribution in [-0.2, 0) is 19.4 Å². The molecule has 0 aromatic heterocycles. The fraction of sp³-hybridized carbons (Fsp3) is 0.632. The maximum absolute atomic E-state index is 13.3. The van der Waals surface area contributed by atoms with Gasteiger partial charge in [-0.1, -0.05) is 13.3 Å². The van der Waals surface area contributed by atoms with E-state index in [2.05, 4.69) is 6.92 Å². The van der Waals surface area contributed by atoms with Crippen LogP contribution < -0.4 is 4.74 Å². The van der Waals surface area contributed by atoms with Crippen LogP contribution in [-0.4, -0.2) is 57.4 Å². The third kappa shape index (κ3) is 4.20. The SMILES string of the molecule is CCCCOc1ccc(S(=O)(=O)C2(C(=O)OCC)CCN(C)CC2)cc1. The van der Waals surface area contributed by atoms with E-state index in [4.69, 9.17) is 9.47 Å². The summed E-state index contributed by atoms with van der Waals surface area (Å²) >= 11 is 0. The van der Waals surface area contributed by atoms with Crippen molar-refractivity contribution in [1.29, 1.82) is 0 Å². The molecular weight excluding hydrogens is 354 g/mol. The van der Waals surface area contributed by atoms with E-state index in [1.807, 2.05) is 11.9 Å². The van der Waals surface area contributed by atoms with E-state index in [1.54, 1.807) is 19.1 Å². The number of rotatable bonds is 8. The third-order valence-electron chi connectivity index (χ3n) is 4.86. The lowest BCUT2D eigenvalue weighted by molar-refractivity contribution is -0.147. The van der Waals surface area contributed by atoms with Gasteiger partial charge < -0.3 is 14.4 Å². The van der Waals surface area contributed by atoms with Crippen molar-refractivity contribution < 1.29 is 22.7 Å². The molecule has 1 aliphatic rings. The summed E-state index contributed by atoms with van der Waals surface area (Å²) in [4.78, 5) is 14.8. The van der Waals surface area contributed by atoms with Crippen LogP contribution in [0, 0.1) is 0 Å². The Morgan fingerprint density at radius 1 is 1.15 bits per heavy atom. The van der Waals surface area contributed by atoms with E-state index in [1.165, 1.54) is 12.1 Å². The number of carbonyl (C=O) groups is 1. The van der Waals surface area contributed by atoms with Gasteiger partial charge in [0, 0.05) is 0 Å². The fourth-order valence-electron chi connectivity index (χ4n) is 3.10. The number of sulfone groups is 1. The predicted octanol–water partition coefficient (Wildman–Crippen LogP) is 2.67. The second kappa shape index (κ2) is 8.86. The monoisotopic (exact) mass is 383 g/mol. The molecule has 26 heavy (non-hydrogen) atoms. The summed E-state index contributed by atoms with van der Waals surface area (Å²) in [6, 6.07) is 6.35. The summed E-state index contributed by atoms with van der Waals surface area (Å²) in [7, 11) is -1.95. The molecule has 7 heteroatoms. The van der Waals surface area contributed by atoms with Gasteiger partial charge in [-0.3, -0.25) is 4.79 Å². The molecule has 1 fully saturated rings. The Bertz CT molecular complexity index is 691. The number of esters is 1. The number of hydrogen-bond acceptors (Lipinski definition) is 6. The molecule has 0 spiro atoms. The van der Waals surface area contributed by atoms with E-state index in [9.17, 15) is 13.2 Å². The van der Waals surface area contributed by atoms with Gasteiger partial charge in [0.15, 0.2) is 14.6 Å². The predicted molar refractivity (Wildman–Crippen MR) is 100 cm³/mol. The van der Waals surface area contributed by atoms with Crippen molar-refractivity contribution in [2.45, 2.75) is 49.2 Å². The van der Waals surface area contributed by atoms with Gasteiger partial charge in [0.1, 0.15) is 5.75 Å². The molecular formula is C19H29NO5S. The molecule has 1 aliphatic heterocycles. The molecule has 0 atom stereocenters. The number of unbranched alkanes of at least 4 members (excludes halogenated alkanes) is 1. The smallest absolute Gasteiger partial charge is 0.327 e. The molecule has 0 saturated carbocycles. The summed E-state index contributed by atoms with van der Waals surface area (Å²) in [6.45, 7) is 5.61. The zero-order chi connectivity index (χ0) is 19.2. The second-order valence-corrected chi connectivity index (χ2v) is 8.95. The Morgan fingerprint density at radius 2 is 1.77 bits per heavy atom. The van der Waals surface area contributed by atoms with Gasteiger partial charge in [0.05, 0.1) is 18.1 Å². The molecule has 1 heterocycles. The molecule has 1 saturated heterocycles. The highest BCUT2D eigenvalue weighted by atomic mass is 32.2. The summed E-state index contributed by atoms with van der Waals surface area (Å²) < 4.78 is 35.9. The molecule has 0 N–H and O–H groups in total. The van der Waals surface area contributed by atoms with Gasteiger partial charge in [0.25, 0.3) is 0 Å². The highest BCUT2D eigenvalue weighted by Gasteiger charge is 2.53. The second-order valence-electron chi connectivity index (χ2n) is 6.69. The standard InChI is InChI=1S/C19H29NO5S/c1-4-6-15-25-16-7-9-17(10-8-16)26(22,23)19(18(21)24-5-2)11-13-20(3)14-12-19/h7-10H,4-6,11-15H2,1-3H3. The van der Waals surface area contributed by atoms with Gasteiger partial charge in [0.2, 0.25) is 0 Å². The van der Waals surface area contributed by atoms with Crippen LogP contribution in [0.2, 0.25) is 0 Å². The van der Waals surface area contributed by atoms with Crippen molar-refractivity contribution in [3.05, 3.63) is 24.3 Å². The minimum Gasteiger partial charge on any atom is -0.494 e. The number of ether oxygens (including phenoxy) is 2. The minimum absolute atomic E-state index is 0.137. The fourth-order valence-corrected chi connectivity index (χ4v) is 5.04. The Balaban J connectivity index is 2.30. The molecule has 0 radical (unpaired) electrons. The number of piperidine rings is 1. The molecule has 146 valence electrons. The maximum Gasteiger partial charge on any atom is 0.327 e. The van der Waals surface area contributed by atoms with Gasteiger partial charge in [-0.25, -0.2) is 8.42 Å². The minimum atomic E-state index is -3.87. The Kier molecular flexibility index (Phi) is 7.06. The van der Waals surface area contributed by atoms with E-state index < -0.39 is 20.6 Å². The molecule has 6 nitrogen and oxygen atoms in total. The van der Waals surface area contributed by atoms with Crippen molar-refractivity contribution in [2.75, 3.05) is 33.4 Å². The zero-order valence-electron chi connectivity index (χ0n) is 15.9. The van der Waals surface area contributed by atoms with Crippen LogP contribution in [0.15, 0.2) is 29.2 Å². The van der Waals surface area contributed by atoms with E-state index in [0.717, 1.165) is 12.8 Å². The first-order valence-corrected chi connectivity index (χ1v) is 10.7. The lowest BCUT2D eigenvalue weighted by atomic mass is 9.96.